The van der Waals surface area contributed by atoms with E-state index >= 15 is 0 Å². The van der Waals surface area contributed by atoms with E-state index in [0.29, 0.717) is 0 Å². The van der Waals surface area contributed by atoms with Crippen LogP contribution in [-0.4, -0.2) is 62.8 Å². The monoisotopic (exact) mass is 410 g/mol. The Bertz CT molecular complexity index is 332. The number of ether oxygens (including phenoxy) is 1. The van der Waals surface area contributed by atoms with Crippen LogP contribution in [0.4, 0.5) is 0 Å². The van der Waals surface area contributed by atoms with Gasteiger partial charge in [-0.1, -0.05) is 0 Å². The summed E-state index contributed by atoms with van der Waals surface area (Å²) in [5.41, 5.74) is -0.0596. The fourth-order valence-corrected chi connectivity index (χ4v) is 2.98. The predicted octanol–water partition coefficient (Wildman–Crippen LogP) is 1.68. The second kappa shape index (κ2) is 9.15. The van der Waals surface area contributed by atoms with Gasteiger partial charge in [-0.2, -0.15) is 0 Å². The quantitative estimate of drug-likeness (QED) is 0.412. The normalized spacial score (nSPS) is 30.2. The van der Waals surface area contributed by atoms with Gasteiger partial charge in [0.2, 0.25) is 0 Å². The van der Waals surface area contributed by atoms with E-state index < -0.39 is 0 Å². The molecule has 5 nitrogen and oxygen atoms in total. The Morgan fingerprint density at radius 2 is 2.24 bits per heavy atom. The zero-order chi connectivity index (χ0) is 14.4. The molecule has 2 atom stereocenters. The first-order valence-corrected chi connectivity index (χ1v) is 7.96. The molecule has 0 aromatic rings. The van der Waals surface area contributed by atoms with Gasteiger partial charge in [0, 0.05) is 26.2 Å². The molecule has 2 N–H and O–H groups in total. The summed E-state index contributed by atoms with van der Waals surface area (Å²) in [6, 6.07) is 0. The van der Waals surface area contributed by atoms with Crippen molar-refractivity contribution >= 4 is 29.9 Å². The molecule has 0 spiro atoms. The van der Waals surface area contributed by atoms with Crippen LogP contribution in [0.5, 0.6) is 0 Å². The number of nitrogens with one attached hydrogen (secondary N) is 2. The second-order valence-electron chi connectivity index (χ2n) is 6.39. The number of aliphatic imine (C=N–C) groups is 1. The van der Waals surface area contributed by atoms with Crippen molar-refractivity contribution in [3.8, 4) is 0 Å². The topological polar surface area (TPSA) is 48.9 Å². The highest BCUT2D eigenvalue weighted by Gasteiger charge is 2.29. The summed E-state index contributed by atoms with van der Waals surface area (Å²) in [5, 5.41) is 6.81. The fourth-order valence-electron chi connectivity index (χ4n) is 2.98. The van der Waals surface area contributed by atoms with E-state index in [1.165, 1.54) is 19.5 Å². The first kappa shape index (κ1) is 19.0. The number of likely N-dealkylation sites (tertiary alicyclic amines) is 1. The number of nitrogens with zero attached hydrogens (tertiary/aromatic N) is 2. The lowest BCUT2D eigenvalue weighted by atomic mass is 10.0. The molecule has 2 heterocycles. The standard InChI is InChI=1S/C15H30N4O.HI/c1-4-16-14(17-10-13-6-8-19(3)11-13)18-12-15(2)7-5-9-20-15;/h13H,4-12H2,1-3H3,(H2,16,17,18);1H. The second-order valence-corrected chi connectivity index (χ2v) is 6.39. The summed E-state index contributed by atoms with van der Waals surface area (Å²) in [7, 11) is 2.19. The molecule has 21 heavy (non-hydrogen) atoms. The van der Waals surface area contributed by atoms with Crippen molar-refractivity contribution in [2.45, 2.75) is 38.7 Å². The Hall–Kier alpha value is -0.0800. The van der Waals surface area contributed by atoms with Gasteiger partial charge >= 0.3 is 0 Å². The van der Waals surface area contributed by atoms with Gasteiger partial charge in [-0.25, -0.2) is 0 Å². The van der Waals surface area contributed by atoms with Crippen LogP contribution in [0.2, 0.25) is 0 Å². The third-order valence-corrected chi connectivity index (χ3v) is 4.26. The lowest BCUT2D eigenvalue weighted by Gasteiger charge is -2.22. The van der Waals surface area contributed by atoms with Crippen LogP contribution >= 0.6 is 24.0 Å². The van der Waals surface area contributed by atoms with Crippen molar-refractivity contribution in [1.29, 1.82) is 0 Å². The maximum absolute atomic E-state index is 5.79. The molecule has 124 valence electrons. The molecule has 2 fully saturated rings. The van der Waals surface area contributed by atoms with E-state index in [-0.39, 0.29) is 29.6 Å². The lowest BCUT2D eigenvalue weighted by molar-refractivity contribution is 0.0283. The van der Waals surface area contributed by atoms with E-state index in [4.69, 9.17) is 9.73 Å². The minimum atomic E-state index is -0.0596. The highest BCUT2D eigenvalue weighted by molar-refractivity contribution is 14.0. The summed E-state index contributed by atoms with van der Waals surface area (Å²) < 4.78 is 5.79. The van der Waals surface area contributed by atoms with Crippen LogP contribution in [0.3, 0.4) is 0 Å². The zero-order valence-corrected chi connectivity index (χ0v) is 16.0. The van der Waals surface area contributed by atoms with Gasteiger partial charge in [-0.15, -0.1) is 24.0 Å². The fraction of sp³-hybridized carbons (Fsp3) is 0.933. The van der Waals surface area contributed by atoms with Gasteiger partial charge in [0.1, 0.15) is 0 Å². The van der Waals surface area contributed by atoms with Crippen LogP contribution < -0.4 is 10.6 Å². The molecule has 0 amide bonds. The molecule has 2 unspecified atom stereocenters. The van der Waals surface area contributed by atoms with Crippen molar-refractivity contribution in [1.82, 2.24) is 15.5 Å². The molecule has 2 aliphatic rings. The third kappa shape index (κ3) is 6.28. The minimum absolute atomic E-state index is 0. The summed E-state index contributed by atoms with van der Waals surface area (Å²) in [5.74, 6) is 1.67. The average Bonchev–Trinajstić information content (AvgIpc) is 3.03. The molecular formula is C15H31IN4O. The number of hydrogen-bond acceptors (Lipinski definition) is 3. The van der Waals surface area contributed by atoms with Crippen LogP contribution in [0, 0.1) is 5.92 Å². The van der Waals surface area contributed by atoms with Gasteiger partial charge in [0.05, 0.1) is 12.1 Å². The molecule has 0 aromatic heterocycles. The number of rotatable bonds is 5. The lowest BCUT2D eigenvalue weighted by Crippen LogP contribution is -2.41. The van der Waals surface area contributed by atoms with Crippen molar-refractivity contribution in [2.24, 2.45) is 10.9 Å². The SMILES string of the molecule is CCNC(=NCC1(C)CCCO1)NCC1CCN(C)C1.I. The Morgan fingerprint density at radius 1 is 1.43 bits per heavy atom. The molecule has 2 aliphatic heterocycles. The summed E-state index contributed by atoms with van der Waals surface area (Å²) >= 11 is 0. The first-order chi connectivity index (χ1) is 9.61. The van der Waals surface area contributed by atoms with E-state index in [2.05, 4.69) is 36.4 Å². The molecule has 0 aliphatic carbocycles. The molecule has 2 rings (SSSR count). The molecule has 0 bridgehead atoms. The minimum Gasteiger partial charge on any atom is -0.373 e. The van der Waals surface area contributed by atoms with Crippen molar-refractivity contribution in [3.05, 3.63) is 0 Å². The Balaban J connectivity index is 0.00000220. The first-order valence-electron chi connectivity index (χ1n) is 7.96. The smallest absolute Gasteiger partial charge is 0.191 e. The van der Waals surface area contributed by atoms with E-state index in [0.717, 1.165) is 51.0 Å². The van der Waals surface area contributed by atoms with E-state index in [9.17, 15) is 0 Å². The van der Waals surface area contributed by atoms with Crippen LogP contribution in [0.1, 0.15) is 33.1 Å². The van der Waals surface area contributed by atoms with Gasteiger partial charge in [0.15, 0.2) is 5.96 Å². The molecule has 0 radical (unpaired) electrons. The Morgan fingerprint density at radius 3 is 2.81 bits per heavy atom. The van der Waals surface area contributed by atoms with Gasteiger partial charge in [-0.3, -0.25) is 4.99 Å². The van der Waals surface area contributed by atoms with Crippen LogP contribution in [0.25, 0.3) is 0 Å². The van der Waals surface area contributed by atoms with Crippen LogP contribution in [0.15, 0.2) is 4.99 Å². The highest BCUT2D eigenvalue weighted by atomic mass is 127. The molecule has 0 aromatic carbocycles. The van der Waals surface area contributed by atoms with Gasteiger partial charge < -0.3 is 20.3 Å². The van der Waals surface area contributed by atoms with Gasteiger partial charge in [0.25, 0.3) is 0 Å². The summed E-state index contributed by atoms with van der Waals surface area (Å²) in [4.78, 5) is 7.10. The number of guanidine groups is 1. The average molecular weight is 410 g/mol. The molecular weight excluding hydrogens is 379 g/mol. The summed E-state index contributed by atoms with van der Waals surface area (Å²) in [6.07, 6.45) is 3.55. The highest BCUT2D eigenvalue weighted by Crippen LogP contribution is 2.25. The van der Waals surface area contributed by atoms with E-state index in [1.807, 2.05) is 0 Å². The Kier molecular flexibility index (Phi) is 8.26. The zero-order valence-electron chi connectivity index (χ0n) is 13.7. The number of hydrogen-bond donors (Lipinski definition) is 2. The van der Waals surface area contributed by atoms with Crippen molar-refractivity contribution in [3.63, 3.8) is 0 Å². The molecule has 2 saturated heterocycles. The van der Waals surface area contributed by atoms with Crippen LogP contribution in [-0.2, 0) is 4.74 Å². The molecule has 6 heteroatoms. The largest absolute Gasteiger partial charge is 0.373 e. The molecule has 0 saturated carbocycles. The van der Waals surface area contributed by atoms with Crippen molar-refractivity contribution < 1.29 is 4.74 Å². The number of halogens is 1. The predicted molar refractivity (Wildman–Crippen MR) is 98.6 cm³/mol. The third-order valence-electron chi connectivity index (χ3n) is 4.26. The maximum Gasteiger partial charge on any atom is 0.191 e. The van der Waals surface area contributed by atoms with Gasteiger partial charge in [-0.05, 0) is 52.6 Å². The van der Waals surface area contributed by atoms with E-state index in [1.54, 1.807) is 0 Å². The summed E-state index contributed by atoms with van der Waals surface area (Å²) in [6.45, 7) is 10.2. The maximum atomic E-state index is 5.79. The Labute approximate surface area is 146 Å². The van der Waals surface area contributed by atoms with Crippen molar-refractivity contribution in [2.75, 3.05) is 46.4 Å².